The summed E-state index contributed by atoms with van der Waals surface area (Å²) in [7, 11) is 2.10. The summed E-state index contributed by atoms with van der Waals surface area (Å²) in [4.78, 5) is 4.55. The molecule has 1 aliphatic carbocycles. The minimum atomic E-state index is 0.543. The van der Waals surface area contributed by atoms with Crippen LogP contribution in [0.4, 0.5) is 0 Å². The standard InChI is InChI=1S/C18H25N3/c1-19-17(15-8-4-2-5-9-15)14-21-13-12-20-18(21)16-10-6-3-7-11-16/h3,6-7,10-13,15,17,19H,2,4-5,8-9,14H2,1H3. The molecule has 0 aliphatic heterocycles. The largest absolute Gasteiger partial charge is 0.329 e. The van der Waals surface area contributed by atoms with Gasteiger partial charge in [-0.05, 0) is 25.8 Å². The molecule has 0 bridgehead atoms. The zero-order valence-corrected chi connectivity index (χ0v) is 12.8. The highest BCUT2D eigenvalue weighted by molar-refractivity contribution is 5.55. The van der Waals surface area contributed by atoms with E-state index < -0.39 is 0 Å². The van der Waals surface area contributed by atoms with Crippen LogP contribution in [0.5, 0.6) is 0 Å². The highest BCUT2D eigenvalue weighted by Crippen LogP contribution is 2.28. The van der Waals surface area contributed by atoms with Gasteiger partial charge in [-0.25, -0.2) is 4.98 Å². The zero-order valence-electron chi connectivity index (χ0n) is 12.8. The fraction of sp³-hybridized carbons (Fsp3) is 0.500. The van der Waals surface area contributed by atoms with Crippen molar-refractivity contribution in [1.29, 1.82) is 0 Å². The van der Waals surface area contributed by atoms with Crippen molar-refractivity contribution >= 4 is 0 Å². The van der Waals surface area contributed by atoms with E-state index >= 15 is 0 Å². The Bertz CT molecular complexity index is 541. The fourth-order valence-corrected chi connectivity index (χ4v) is 3.53. The van der Waals surface area contributed by atoms with Crippen LogP contribution in [-0.4, -0.2) is 22.6 Å². The summed E-state index contributed by atoms with van der Waals surface area (Å²) in [6.07, 6.45) is 10.9. The third-order valence-electron chi connectivity index (χ3n) is 4.73. The molecule has 2 aromatic rings. The summed E-state index contributed by atoms with van der Waals surface area (Å²) in [5, 5.41) is 3.54. The predicted molar refractivity (Wildman–Crippen MR) is 87.1 cm³/mol. The number of aromatic nitrogens is 2. The predicted octanol–water partition coefficient (Wildman–Crippen LogP) is 3.72. The topological polar surface area (TPSA) is 29.9 Å². The summed E-state index contributed by atoms with van der Waals surface area (Å²) >= 11 is 0. The molecule has 0 saturated heterocycles. The Hall–Kier alpha value is -1.61. The van der Waals surface area contributed by atoms with Crippen molar-refractivity contribution in [3.63, 3.8) is 0 Å². The molecule has 1 heterocycles. The molecule has 1 fully saturated rings. The van der Waals surface area contributed by atoms with Crippen molar-refractivity contribution < 1.29 is 0 Å². The maximum Gasteiger partial charge on any atom is 0.139 e. The van der Waals surface area contributed by atoms with Crippen molar-refractivity contribution in [3.05, 3.63) is 42.7 Å². The molecule has 1 unspecified atom stereocenters. The van der Waals surface area contributed by atoms with E-state index in [1.165, 1.54) is 37.7 Å². The highest BCUT2D eigenvalue weighted by atomic mass is 15.1. The molecule has 3 rings (SSSR count). The maximum absolute atomic E-state index is 4.55. The first-order valence-electron chi connectivity index (χ1n) is 8.12. The van der Waals surface area contributed by atoms with E-state index in [0.717, 1.165) is 18.3 Å². The average Bonchev–Trinajstić information content (AvgIpc) is 3.02. The zero-order chi connectivity index (χ0) is 14.5. The van der Waals surface area contributed by atoms with Crippen molar-refractivity contribution in [2.24, 2.45) is 5.92 Å². The first-order valence-corrected chi connectivity index (χ1v) is 8.12. The van der Waals surface area contributed by atoms with Gasteiger partial charge in [0.2, 0.25) is 0 Å². The summed E-state index contributed by atoms with van der Waals surface area (Å²) in [6.45, 7) is 1.01. The Labute approximate surface area is 127 Å². The Morgan fingerprint density at radius 3 is 2.67 bits per heavy atom. The van der Waals surface area contributed by atoms with E-state index in [0.29, 0.717) is 6.04 Å². The van der Waals surface area contributed by atoms with Gasteiger partial charge in [-0.1, -0.05) is 49.6 Å². The average molecular weight is 283 g/mol. The van der Waals surface area contributed by atoms with Gasteiger partial charge in [-0.2, -0.15) is 0 Å². The maximum atomic E-state index is 4.55. The normalized spacial score (nSPS) is 17.8. The van der Waals surface area contributed by atoms with Gasteiger partial charge in [0, 0.05) is 30.5 Å². The number of nitrogens with zero attached hydrogens (tertiary/aromatic N) is 2. The second kappa shape index (κ2) is 6.90. The summed E-state index contributed by atoms with van der Waals surface area (Å²) < 4.78 is 2.30. The molecule has 1 N–H and O–H groups in total. The van der Waals surface area contributed by atoms with Crippen molar-refractivity contribution in [2.45, 2.75) is 44.7 Å². The molecule has 0 spiro atoms. The van der Waals surface area contributed by atoms with E-state index in [1.807, 2.05) is 6.20 Å². The molecule has 0 radical (unpaired) electrons. The molecule has 1 aromatic heterocycles. The van der Waals surface area contributed by atoms with E-state index in [9.17, 15) is 0 Å². The summed E-state index contributed by atoms with van der Waals surface area (Å²) in [5.74, 6) is 1.88. The number of likely N-dealkylation sites (N-methyl/N-ethyl adjacent to an activating group) is 1. The number of imidazole rings is 1. The molecular weight excluding hydrogens is 258 g/mol. The van der Waals surface area contributed by atoms with Gasteiger partial charge < -0.3 is 9.88 Å². The number of hydrogen-bond acceptors (Lipinski definition) is 2. The lowest BCUT2D eigenvalue weighted by molar-refractivity contribution is 0.258. The number of benzene rings is 1. The van der Waals surface area contributed by atoms with Crippen LogP contribution in [0.25, 0.3) is 11.4 Å². The Morgan fingerprint density at radius 2 is 1.95 bits per heavy atom. The second-order valence-corrected chi connectivity index (χ2v) is 6.06. The molecule has 1 aliphatic rings. The minimum Gasteiger partial charge on any atom is -0.329 e. The van der Waals surface area contributed by atoms with Crippen LogP contribution in [-0.2, 0) is 6.54 Å². The Kier molecular flexibility index (Phi) is 4.71. The molecule has 1 aromatic carbocycles. The lowest BCUT2D eigenvalue weighted by atomic mass is 9.84. The van der Waals surface area contributed by atoms with Crippen LogP contribution in [0.3, 0.4) is 0 Å². The first kappa shape index (κ1) is 14.3. The van der Waals surface area contributed by atoms with Crippen LogP contribution >= 0.6 is 0 Å². The Balaban J connectivity index is 1.76. The molecule has 1 atom stereocenters. The lowest BCUT2D eigenvalue weighted by Crippen LogP contribution is -2.38. The number of rotatable bonds is 5. The van der Waals surface area contributed by atoms with Gasteiger partial charge in [0.25, 0.3) is 0 Å². The highest BCUT2D eigenvalue weighted by Gasteiger charge is 2.23. The van der Waals surface area contributed by atoms with Crippen LogP contribution in [0.2, 0.25) is 0 Å². The van der Waals surface area contributed by atoms with Gasteiger partial charge in [0.15, 0.2) is 0 Å². The first-order chi connectivity index (χ1) is 10.4. The van der Waals surface area contributed by atoms with Crippen molar-refractivity contribution in [2.75, 3.05) is 7.05 Å². The van der Waals surface area contributed by atoms with E-state index in [4.69, 9.17) is 0 Å². The smallest absolute Gasteiger partial charge is 0.139 e. The van der Waals surface area contributed by atoms with Gasteiger partial charge in [-0.15, -0.1) is 0 Å². The summed E-state index contributed by atoms with van der Waals surface area (Å²) in [5.41, 5.74) is 1.20. The molecule has 21 heavy (non-hydrogen) atoms. The molecular formula is C18H25N3. The molecule has 1 saturated carbocycles. The van der Waals surface area contributed by atoms with E-state index in [2.05, 4.69) is 58.4 Å². The number of nitrogens with one attached hydrogen (secondary N) is 1. The second-order valence-electron chi connectivity index (χ2n) is 6.06. The minimum absolute atomic E-state index is 0.543. The number of hydrogen-bond donors (Lipinski definition) is 1. The summed E-state index contributed by atoms with van der Waals surface area (Å²) in [6, 6.07) is 11.0. The van der Waals surface area contributed by atoms with Gasteiger partial charge in [0.05, 0.1) is 0 Å². The van der Waals surface area contributed by atoms with Gasteiger partial charge in [-0.3, -0.25) is 0 Å². The Morgan fingerprint density at radius 1 is 1.19 bits per heavy atom. The van der Waals surface area contributed by atoms with Crippen LogP contribution in [0.1, 0.15) is 32.1 Å². The van der Waals surface area contributed by atoms with Crippen LogP contribution in [0.15, 0.2) is 42.7 Å². The molecule has 112 valence electrons. The van der Waals surface area contributed by atoms with Gasteiger partial charge >= 0.3 is 0 Å². The van der Waals surface area contributed by atoms with Gasteiger partial charge in [0.1, 0.15) is 5.82 Å². The molecule has 0 amide bonds. The lowest BCUT2D eigenvalue weighted by Gasteiger charge is -2.30. The van der Waals surface area contributed by atoms with Crippen LogP contribution < -0.4 is 5.32 Å². The third kappa shape index (κ3) is 3.35. The fourth-order valence-electron chi connectivity index (χ4n) is 3.53. The van der Waals surface area contributed by atoms with E-state index in [1.54, 1.807) is 0 Å². The third-order valence-corrected chi connectivity index (χ3v) is 4.73. The molecule has 3 nitrogen and oxygen atoms in total. The van der Waals surface area contributed by atoms with Crippen LogP contribution in [0, 0.1) is 5.92 Å². The van der Waals surface area contributed by atoms with Crippen molar-refractivity contribution in [1.82, 2.24) is 14.9 Å². The quantitative estimate of drug-likeness (QED) is 0.906. The van der Waals surface area contributed by atoms with Crippen molar-refractivity contribution in [3.8, 4) is 11.4 Å². The van der Waals surface area contributed by atoms with E-state index in [-0.39, 0.29) is 0 Å². The monoisotopic (exact) mass is 283 g/mol. The SMILES string of the molecule is CNC(Cn1ccnc1-c1ccccc1)C1CCCCC1. The molecule has 3 heteroatoms.